The molecule has 1 saturated carbocycles. The van der Waals surface area contributed by atoms with Crippen molar-refractivity contribution in [2.24, 2.45) is 0 Å². The van der Waals surface area contributed by atoms with E-state index in [1.165, 1.54) is 29.7 Å². The lowest BCUT2D eigenvalue weighted by molar-refractivity contribution is 0.628. The van der Waals surface area contributed by atoms with E-state index >= 15 is 0 Å². The summed E-state index contributed by atoms with van der Waals surface area (Å²) in [5, 5.41) is 3.32. The first kappa shape index (κ1) is 14.0. The number of rotatable bonds is 3. The third-order valence-electron chi connectivity index (χ3n) is 3.68. The third kappa shape index (κ3) is 2.80. The second-order valence-corrected chi connectivity index (χ2v) is 4.83. The fourth-order valence-corrected chi connectivity index (χ4v) is 2.57. The minimum absolute atomic E-state index is 0. The Balaban J connectivity index is 0.00000133. The average molecular weight is 278 g/mol. The van der Waals surface area contributed by atoms with Crippen LogP contribution in [0.3, 0.4) is 0 Å². The molecule has 0 spiro atoms. The minimum atomic E-state index is -0.184. The van der Waals surface area contributed by atoms with Gasteiger partial charge in [-0.1, -0.05) is 36.4 Å². The van der Waals surface area contributed by atoms with Gasteiger partial charge in [0.2, 0.25) is 0 Å². The summed E-state index contributed by atoms with van der Waals surface area (Å²) in [4.78, 5) is 0. The second-order valence-electron chi connectivity index (χ2n) is 4.83. The Bertz CT molecular complexity index is 553. The van der Waals surface area contributed by atoms with Gasteiger partial charge in [-0.05, 0) is 42.3 Å². The normalized spacial score (nSPS) is 20.7. The highest BCUT2D eigenvalue weighted by atomic mass is 35.5. The Morgan fingerprint density at radius 2 is 1.74 bits per heavy atom. The molecule has 19 heavy (non-hydrogen) atoms. The van der Waals surface area contributed by atoms with E-state index in [1.54, 1.807) is 0 Å². The van der Waals surface area contributed by atoms with E-state index in [0.717, 1.165) is 5.56 Å². The number of benzene rings is 2. The van der Waals surface area contributed by atoms with Gasteiger partial charge in [0, 0.05) is 12.0 Å². The SMILES string of the molecule is CNC1CC1c1ccccc1-c1ccc(F)cc1.Cl. The molecular formula is C16H17ClFN. The first-order valence-electron chi connectivity index (χ1n) is 6.31. The molecule has 0 radical (unpaired) electrons. The largest absolute Gasteiger partial charge is 0.316 e. The predicted molar refractivity (Wildman–Crippen MR) is 79.3 cm³/mol. The number of hydrogen-bond donors (Lipinski definition) is 1. The molecule has 0 amide bonds. The monoisotopic (exact) mass is 277 g/mol. The van der Waals surface area contributed by atoms with Crippen LogP contribution in [0.2, 0.25) is 0 Å². The van der Waals surface area contributed by atoms with E-state index in [4.69, 9.17) is 0 Å². The van der Waals surface area contributed by atoms with Crippen LogP contribution in [-0.4, -0.2) is 13.1 Å². The Hall–Kier alpha value is -1.38. The highest BCUT2D eigenvalue weighted by molar-refractivity contribution is 5.85. The van der Waals surface area contributed by atoms with Gasteiger partial charge in [-0.15, -0.1) is 12.4 Å². The van der Waals surface area contributed by atoms with Gasteiger partial charge < -0.3 is 5.32 Å². The van der Waals surface area contributed by atoms with Crippen LogP contribution in [0.4, 0.5) is 4.39 Å². The zero-order valence-corrected chi connectivity index (χ0v) is 11.6. The van der Waals surface area contributed by atoms with E-state index < -0.39 is 0 Å². The summed E-state index contributed by atoms with van der Waals surface area (Å²) >= 11 is 0. The van der Waals surface area contributed by atoms with Gasteiger partial charge in [0.05, 0.1) is 0 Å². The van der Waals surface area contributed by atoms with Gasteiger partial charge in [-0.3, -0.25) is 0 Å². The van der Waals surface area contributed by atoms with Crippen LogP contribution in [0.15, 0.2) is 48.5 Å². The van der Waals surface area contributed by atoms with E-state index in [0.29, 0.717) is 12.0 Å². The maximum atomic E-state index is 13.0. The number of hydrogen-bond acceptors (Lipinski definition) is 1. The van der Waals surface area contributed by atoms with Crippen LogP contribution in [0.5, 0.6) is 0 Å². The molecule has 1 aliphatic carbocycles. The number of nitrogens with one attached hydrogen (secondary N) is 1. The molecule has 1 fully saturated rings. The molecule has 100 valence electrons. The Labute approximate surface area is 119 Å². The Morgan fingerprint density at radius 3 is 2.37 bits per heavy atom. The number of halogens is 2. The summed E-state index contributed by atoms with van der Waals surface area (Å²) in [6.45, 7) is 0. The maximum absolute atomic E-state index is 13.0. The molecule has 1 nitrogen and oxygen atoms in total. The summed E-state index contributed by atoms with van der Waals surface area (Å²) < 4.78 is 13.0. The van der Waals surface area contributed by atoms with E-state index in [1.807, 2.05) is 25.2 Å². The Morgan fingerprint density at radius 1 is 1.05 bits per heavy atom. The lowest BCUT2D eigenvalue weighted by Gasteiger charge is -2.09. The smallest absolute Gasteiger partial charge is 0.123 e. The lowest BCUT2D eigenvalue weighted by Crippen LogP contribution is -2.10. The van der Waals surface area contributed by atoms with Gasteiger partial charge in [0.1, 0.15) is 5.82 Å². The van der Waals surface area contributed by atoms with Crippen LogP contribution >= 0.6 is 12.4 Å². The van der Waals surface area contributed by atoms with Crippen molar-refractivity contribution in [2.75, 3.05) is 7.05 Å². The molecule has 2 aromatic carbocycles. The zero-order valence-electron chi connectivity index (χ0n) is 10.8. The van der Waals surface area contributed by atoms with Crippen LogP contribution < -0.4 is 5.32 Å². The summed E-state index contributed by atoms with van der Waals surface area (Å²) in [7, 11) is 2.01. The quantitative estimate of drug-likeness (QED) is 0.894. The third-order valence-corrected chi connectivity index (χ3v) is 3.68. The van der Waals surface area contributed by atoms with Crippen LogP contribution in [0.25, 0.3) is 11.1 Å². The second kappa shape index (κ2) is 5.72. The van der Waals surface area contributed by atoms with Crippen LogP contribution in [0, 0.1) is 5.82 Å². The van der Waals surface area contributed by atoms with Crippen molar-refractivity contribution in [3.8, 4) is 11.1 Å². The molecule has 2 aromatic rings. The highest BCUT2D eigenvalue weighted by Gasteiger charge is 2.38. The lowest BCUT2D eigenvalue weighted by atomic mass is 9.96. The van der Waals surface area contributed by atoms with E-state index in [9.17, 15) is 4.39 Å². The molecule has 3 heteroatoms. The molecule has 1 aliphatic rings. The van der Waals surface area contributed by atoms with Crippen molar-refractivity contribution in [1.29, 1.82) is 0 Å². The highest BCUT2D eigenvalue weighted by Crippen LogP contribution is 2.44. The van der Waals surface area contributed by atoms with Gasteiger partial charge in [0.25, 0.3) is 0 Å². The van der Waals surface area contributed by atoms with Gasteiger partial charge >= 0.3 is 0 Å². The zero-order chi connectivity index (χ0) is 12.5. The van der Waals surface area contributed by atoms with Crippen LogP contribution in [-0.2, 0) is 0 Å². The first-order valence-corrected chi connectivity index (χ1v) is 6.31. The maximum Gasteiger partial charge on any atom is 0.123 e. The van der Waals surface area contributed by atoms with E-state index in [-0.39, 0.29) is 18.2 Å². The summed E-state index contributed by atoms with van der Waals surface area (Å²) in [5.41, 5.74) is 3.68. The average Bonchev–Trinajstić information content (AvgIpc) is 3.19. The van der Waals surface area contributed by atoms with Gasteiger partial charge in [-0.25, -0.2) is 4.39 Å². The van der Waals surface area contributed by atoms with Crippen molar-refractivity contribution in [3.63, 3.8) is 0 Å². The molecule has 0 heterocycles. The molecule has 0 aliphatic heterocycles. The molecule has 2 unspecified atom stereocenters. The molecule has 0 saturated heterocycles. The molecule has 0 aromatic heterocycles. The van der Waals surface area contributed by atoms with Crippen molar-refractivity contribution in [3.05, 3.63) is 59.9 Å². The van der Waals surface area contributed by atoms with Gasteiger partial charge in [-0.2, -0.15) is 0 Å². The molecular weight excluding hydrogens is 261 g/mol. The van der Waals surface area contributed by atoms with Crippen LogP contribution in [0.1, 0.15) is 17.9 Å². The first-order chi connectivity index (χ1) is 8.79. The summed E-state index contributed by atoms with van der Waals surface area (Å²) in [5.74, 6) is 0.409. The number of likely N-dealkylation sites (N-methyl/N-ethyl adjacent to an activating group) is 1. The molecule has 1 N–H and O–H groups in total. The predicted octanol–water partition coefficient (Wildman–Crippen LogP) is 3.99. The van der Waals surface area contributed by atoms with Crippen molar-refractivity contribution >= 4 is 12.4 Å². The summed E-state index contributed by atoms with van der Waals surface area (Å²) in [6.07, 6.45) is 1.19. The van der Waals surface area contributed by atoms with Crippen molar-refractivity contribution in [2.45, 2.75) is 18.4 Å². The van der Waals surface area contributed by atoms with Crippen molar-refractivity contribution in [1.82, 2.24) is 5.32 Å². The molecule has 0 bridgehead atoms. The molecule has 3 rings (SSSR count). The topological polar surface area (TPSA) is 12.0 Å². The fourth-order valence-electron chi connectivity index (χ4n) is 2.57. The van der Waals surface area contributed by atoms with E-state index in [2.05, 4.69) is 23.5 Å². The minimum Gasteiger partial charge on any atom is -0.316 e. The fraction of sp³-hybridized carbons (Fsp3) is 0.250. The van der Waals surface area contributed by atoms with Crippen molar-refractivity contribution < 1.29 is 4.39 Å². The van der Waals surface area contributed by atoms with Gasteiger partial charge in [0.15, 0.2) is 0 Å². The Kier molecular flexibility index (Phi) is 4.23. The summed E-state index contributed by atoms with van der Waals surface area (Å²) in [6, 6.07) is 15.8. The standard InChI is InChI=1S/C16H16FN.ClH/c1-18-16-10-15(16)14-5-3-2-4-13(14)11-6-8-12(17)9-7-11;/h2-9,15-16,18H,10H2,1H3;1H. The molecule has 2 atom stereocenters.